The van der Waals surface area contributed by atoms with Crippen LogP contribution in [0.5, 0.6) is 23.0 Å². The van der Waals surface area contributed by atoms with Crippen LogP contribution in [0.1, 0.15) is 42.3 Å². The van der Waals surface area contributed by atoms with Crippen molar-refractivity contribution in [3.05, 3.63) is 197 Å². The summed E-state index contributed by atoms with van der Waals surface area (Å²) in [7, 11) is 4.18. The Hall–Kier alpha value is -6.91. The lowest BCUT2D eigenvalue weighted by Crippen LogP contribution is -2.65. The molecule has 7 aromatic carbocycles. The molecule has 0 bridgehead atoms. The Labute approximate surface area is 571 Å². The van der Waals surface area contributed by atoms with Crippen LogP contribution in [0.25, 0.3) is 21.9 Å². The zero-order valence-electron chi connectivity index (χ0n) is 53.1. The highest BCUT2D eigenvalue weighted by atomic mass is 32.2. The molecular formula is C71H72O19S5. The number of phenols is 1. The molecule has 0 aliphatic carbocycles. The molecule has 15 atom stereocenters. The van der Waals surface area contributed by atoms with Gasteiger partial charge in [0.1, 0.15) is 81.4 Å². The summed E-state index contributed by atoms with van der Waals surface area (Å²) >= 11 is 5.90. The molecular weight excluding hydrogens is 1320 g/mol. The van der Waals surface area contributed by atoms with E-state index in [9.17, 15) is 19.5 Å². The van der Waals surface area contributed by atoms with Crippen LogP contribution in [0, 0.1) is 0 Å². The predicted molar refractivity (Wildman–Crippen MR) is 365 cm³/mol. The van der Waals surface area contributed by atoms with E-state index in [1.165, 1.54) is 67.7 Å². The van der Waals surface area contributed by atoms with Crippen molar-refractivity contribution in [2.75, 3.05) is 33.8 Å². The van der Waals surface area contributed by atoms with Gasteiger partial charge in [-0.3, -0.25) is 4.79 Å². The molecule has 8 aromatic rings. The summed E-state index contributed by atoms with van der Waals surface area (Å²) in [6, 6.07) is 52.0. The van der Waals surface area contributed by atoms with Gasteiger partial charge < -0.3 is 71.1 Å². The molecule has 0 radical (unpaired) electrons. The number of hydrogen-bond acceptors (Lipinski definition) is 24. The van der Waals surface area contributed by atoms with Gasteiger partial charge >= 0.3 is 16.6 Å². The maximum absolute atomic E-state index is 15.1. The van der Waals surface area contributed by atoms with Crippen molar-refractivity contribution in [1.82, 2.24) is 0 Å². The Morgan fingerprint density at radius 1 is 0.516 bits per heavy atom. The molecule has 95 heavy (non-hydrogen) atoms. The number of rotatable bonds is 23. The maximum Gasteiger partial charge on any atom is 0.367 e. The fourth-order valence-corrected chi connectivity index (χ4v) is 15.8. The standard InChI is InChI=1S/C71H72O19S5/c1-39-55(81-38-43-26-16-10-17-27-43)60(78-5)63(93-44-28-18-11-19-29-44)68(82-39)87-57-41(3)84-69(65(62(57)90-71(76)92-8)95-46-32-22-13-23-33-46)88-56-40(2)83-67(64(61(56)89-70(75)91-7)94-45-30-20-12-21-31-45)86-49-35-34-48-51(53(49)72)54(73)52-50(80-37-42-24-14-9-15-25-42)36-47(66(74)79-6)58(77-4)59(52)85-48/h9-36,39-41,55-57,60-65,67-69,72H,37-38H2,1-8H3/t39-,40-,41-,55-,56-,57-,60+,61+,62+,63-,64-,65-,67+,68+,69+/m1/s1. The first kappa shape index (κ1) is 69.4. The second kappa shape index (κ2) is 32.4. The maximum atomic E-state index is 15.1. The van der Waals surface area contributed by atoms with E-state index in [1.807, 2.05) is 166 Å². The van der Waals surface area contributed by atoms with Crippen molar-refractivity contribution < 1.29 is 85.5 Å². The number of carbonyl (C=O) groups is 3. The van der Waals surface area contributed by atoms with Crippen LogP contribution in [-0.2, 0) is 60.6 Å². The molecule has 500 valence electrons. The number of aromatic hydroxyl groups is 1. The topological polar surface area (TPSA) is 222 Å². The van der Waals surface area contributed by atoms with Crippen LogP contribution in [0.3, 0.4) is 0 Å². The fourth-order valence-electron chi connectivity index (χ4n) is 11.7. The van der Waals surface area contributed by atoms with E-state index < -0.39 is 117 Å². The number of carbonyl (C=O) groups excluding carboxylic acids is 3. The third-order valence-electron chi connectivity index (χ3n) is 16.2. The van der Waals surface area contributed by atoms with Crippen molar-refractivity contribution >= 4 is 97.3 Å². The molecule has 0 unspecified atom stereocenters. The molecule has 1 N–H and O–H groups in total. The first-order valence-corrected chi connectivity index (χ1v) is 35.6. The first-order valence-electron chi connectivity index (χ1n) is 30.5. The van der Waals surface area contributed by atoms with Crippen LogP contribution in [-0.4, -0.2) is 145 Å². The van der Waals surface area contributed by atoms with Crippen LogP contribution < -0.4 is 19.6 Å². The molecule has 0 saturated carbocycles. The average molecular weight is 1390 g/mol. The summed E-state index contributed by atoms with van der Waals surface area (Å²) in [5.74, 6) is -1.72. The Kier molecular flexibility index (Phi) is 23.7. The Morgan fingerprint density at radius 3 is 1.44 bits per heavy atom. The number of fused-ring (bicyclic) bond motifs is 2. The van der Waals surface area contributed by atoms with Gasteiger partial charge in [0, 0.05) is 21.8 Å². The molecule has 11 rings (SSSR count). The van der Waals surface area contributed by atoms with Gasteiger partial charge in [-0.05, 0) is 123 Å². The van der Waals surface area contributed by atoms with Crippen molar-refractivity contribution in [2.24, 2.45) is 0 Å². The first-order chi connectivity index (χ1) is 46.2. The third-order valence-corrected chi connectivity index (χ3v) is 21.0. The van der Waals surface area contributed by atoms with E-state index in [2.05, 4.69) is 0 Å². The van der Waals surface area contributed by atoms with Gasteiger partial charge in [0.05, 0.1) is 44.4 Å². The summed E-state index contributed by atoms with van der Waals surface area (Å²) in [6.45, 7) is 5.77. The van der Waals surface area contributed by atoms with Crippen LogP contribution >= 0.6 is 58.8 Å². The molecule has 0 spiro atoms. The minimum atomic E-state index is -1.34. The lowest BCUT2D eigenvalue weighted by Gasteiger charge is -2.50. The summed E-state index contributed by atoms with van der Waals surface area (Å²) in [4.78, 5) is 58.7. The second-order valence-corrected chi connectivity index (χ2v) is 27.5. The molecule has 4 heterocycles. The van der Waals surface area contributed by atoms with Crippen molar-refractivity contribution in [1.29, 1.82) is 0 Å². The van der Waals surface area contributed by atoms with Crippen molar-refractivity contribution in [3.63, 3.8) is 0 Å². The van der Waals surface area contributed by atoms with Gasteiger partial charge in [-0.25, -0.2) is 14.4 Å². The van der Waals surface area contributed by atoms with E-state index in [-0.39, 0.29) is 51.4 Å². The molecule has 3 fully saturated rings. The molecule has 3 saturated heterocycles. The number of thioether (sulfide) groups is 5. The molecule has 3 aliphatic rings. The minimum Gasteiger partial charge on any atom is -0.504 e. The van der Waals surface area contributed by atoms with Crippen LogP contribution in [0.2, 0.25) is 0 Å². The Balaban J connectivity index is 0.948. The predicted octanol–water partition coefficient (Wildman–Crippen LogP) is 14.2. The van der Waals surface area contributed by atoms with Gasteiger partial charge in [0.15, 0.2) is 35.4 Å². The quantitative estimate of drug-likeness (QED) is 0.0357. The smallest absolute Gasteiger partial charge is 0.367 e. The Bertz CT molecular complexity index is 3940. The van der Waals surface area contributed by atoms with Crippen LogP contribution in [0.4, 0.5) is 9.59 Å². The summed E-state index contributed by atoms with van der Waals surface area (Å²) < 4.78 is 91.6. The monoisotopic (exact) mass is 1390 g/mol. The molecule has 24 heteroatoms. The lowest BCUT2D eigenvalue weighted by atomic mass is 9.98. The highest BCUT2D eigenvalue weighted by molar-refractivity contribution is 8.12. The van der Waals surface area contributed by atoms with E-state index in [0.29, 0.717) is 6.61 Å². The highest BCUT2D eigenvalue weighted by Gasteiger charge is 2.57. The minimum absolute atomic E-state index is 0.00693. The lowest BCUT2D eigenvalue weighted by molar-refractivity contribution is -0.326. The van der Waals surface area contributed by atoms with E-state index in [1.54, 1.807) is 26.5 Å². The van der Waals surface area contributed by atoms with E-state index >= 15 is 4.79 Å². The second-order valence-electron chi connectivity index (χ2n) is 22.3. The number of hydrogen-bond donors (Lipinski definition) is 1. The van der Waals surface area contributed by atoms with Crippen molar-refractivity contribution in [2.45, 2.75) is 138 Å². The number of esters is 1. The normalized spacial score (nSPS) is 25.9. The zero-order chi connectivity index (χ0) is 66.7. The largest absolute Gasteiger partial charge is 0.504 e. The van der Waals surface area contributed by atoms with Gasteiger partial charge in [0.2, 0.25) is 11.7 Å². The molecule has 1 aromatic heterocycles. The molecule has 3 aliphatic heterocycles. The van der Waals surface area contributed by atoms with Gasteiger partial charge in [0.25, 0.3) is 0 Å². The summed E-state index contributed by atoms with van der Waals surface area (Å²) in [5, 5.41) is 8.33. The van der Waals surface area contributed by atoms with Gasteiger partial charge in [-0.2, -0.15) is 0 Å². The third kappa shape index (κ3) is 16.1. The zero-order valence-corrected chi connectivity index (χ0v) is 57.2. The van der Waals surface area contributed by atoms with Gasteiger partial charge in [-0.15, -0.1) is 35.3 Å². The summed E-state index contributed by atoms with van der Waals surface area (Å²) in [5.41, 5.74) is 0.727. The van der Waals surface area contributed by atoms with E-state index in [4.69, 9.17) is 66.0 Å². The number of benzene rings is 7. The molecule has 19 nitrogen and oxygen atoms in total. The summed E-state index contributed by atoms with van der Waals surface area (Å²) in [6.07, 6.45) is -8.22. The highest BCUT2D eigenvalue weighted by Crippen LogP contribution is 2.48. The number of methoxy groups -OCH3 is 3. The van der Waals surface area contributed by atoms with E-state index in [0.717, 1.165) is 49.3 Å². The van der Waals surface area contributed by atoms with Crippen molar-refractivity contribution in [3.8, 4) is 23.0 Å². The van der Waals surface area contributed by atoms with Crippen LogP contribution in [0.15, 0.2) is 194 Å². The Morgan fingerprint density at radius 2 is 0.968 bits per heavy atom. The average Bonchev–Trinajstić information content (AvgIpc) is 0.745. The van der Waals surface area contributed by atoms with Gasteiger partial charge in [-0.1, -0.05) is 115 Å². The number of ether oxygens (including phenoxy) is 13. The molecule has 0 amide bonds. The SMILES string of the molecule is COC(=O)c1cc(OCc2ccccc2)c2c(=O)c3c(O)c(O[C@@H]4O[C@H](C)[C@@H](O[C@@H]5O[C@H](C)[C@@H](O[C@@H]6O[C@H](C)[C@@H](OCc7ccccc7)[C@H](OC)[C@H]6Sc6ccccc6)[C@H](OC(=O)SC)[C@H]5Sc5ccccc5)[C@H](OC(=O)SC)[C@H]4Sc4ccccc4)ccc3oc2c1OC. The fraction of sp³-hybridized carbons (Fsp3) is 0.352. The number of phenolic OH excluding ortho intramolecular Hbond substituents is 1.